The van der Waals surface area contributed by atoms with E-state index in [4.69, 9.17) is 21.3 Å². The van der Waals surface area contributed by atoms with Crippen molar-refractivity contribution in [1.82, 2.24) is 0 Å². The van der Waals surface area contributed by atoms with Gasteiger partial charge in [-0.2, -0.15) is 5.26 Å². The zero-order valence-electron chi connectivity index (χ0n) is 8.61. The summed E-state index contributed by atoms with van der Waals surface area (Å²) >= 11 is 5.78. The monoisotopic (exact) mass is 246 g/mol. The maximum atomic E-state index is 10.3. The highest BCUT2D eigenvalue weighted by Gasteiger charge is 2.14. The Morgan fingerprint density at radius 2 is 2.06 bits per heavy atom. The Morgan fingerprint density at radius 3 is 2.65 bits per heavy atom. The van der Waals surface area contributed by atoms with Gasteiger partial charge in [-0.3, -0.25) is 10.1 Å². The summed E-state index contributed by atoms with van der Waals surface area (Å²) in [5.41, 5.74) is 1.71. The van der Waals surface area contributed by atoms with Crippen molar-refractivity contribution in [3.8, 4) is 17.2 Å². The summed E-state index contributed by atoms with van der Waals surface area (Å²) in [6.45, 7) is 0. The molecule has 2 aromatic rings. The Bertz CT molecular complexity index is 582. The highest BCUT2D eigenvalue weighted by molar-refractivity contribution is 6.30. The fourth-order valence-corrected chi connectivity index (χ4v) is 1.60. The molecule has 1 heterocycles. The SMILES string of the molecule is N#Cc1c(-c2ccc(Cl)cc2)coc1NC=O. The average molecular weight is 247 g/mol. The van der Waals surface area contributed by atoms with Gasteiger partial charge >= 0.3 is 0 Å². The van der Waals surface area contributed by atoms with Crippen LogP contribution in [0.15, 0.2) is 34.9 Å². The second-order valence-electron chi connectivity index (χ2n) is 3.23. The van der Waals surface area contributed by atoms with Gasteiger partial charge in [-0.25, -0.2) is 0 Å². The normalized spacial score (nSPS) is 9.65. The molecule has 1 amide bonds. The largest absolute Gasteiger partial charge is 0.446 e. The first-order valence-corrected chi connectivity index (χ1v) is 5.11. The van der Waals surface area contributed by atoms with Gasteiger partial charge < -0.3 is 4.42 Å². The number of nitriles is 1. The lowest BCUT2D eigenvalue weighted by atomic mass is 10.1. The van der Waals surface area contributed by atoms with Gasteiger partial charge in [0.05, 0.1) is 0 Å². The number of nitrogens with one attached hydrogen (secondary N) is 1. The summed E-state index contributed by atoms with van der Waals surface area (Å²) in [4.78, 5) is 10.3. The number of amides is 1. The Balaban J connectivity index is 2.49. The highest BCUT2D eigenvalue weighted by Crippen LogP contribution is 2.31. The van der Waals surface area contributed by atoms with Crippen LogP contribution in [-0.4, -0.2) is 6.41 Å². The molecule has 0 aliphatic heterocycles. The fourth-order valence-electron chi connectivity index (χ4n) is 1.47. The molecule has 0 fully saturated rings. The Labute approximate surface area is 102 Å². The van der Waals surface area contributed by atoms with Crippen LogP contribution in [0.1, 0.15) is 5.56 Å². The number of nitrogens with zero attached hydrogens (tertiary/aromatic N) is 1. The summed E-state index contributed by atoms with van der Waals surface area (Å²) in [6.07, 6.45) is 1.89. The van der Waals surface area contributed by atoms with Gasteiger partial charge in [0.2, 0.25) is 12.3 Å². The molecule has 0 aliphatic rings. The van der Waals surface area contributed by atoms with Gasteiger partial charge in [-0.05, 0) is 17.7 Å². The van der Waals surface area contributed by atoms with E-state index in [2.05, 4.69) is 5.32 Å². The first-order chi connectivity index (χ1) is 8.26. The van der Waals surface area contributed by atoms with Gasteiger partial charge in [0.15, 0.2) is 0 Å². The van der Waals surface area contributed by atoms with Crippen LogP contribution in [0.4, 0.5) is 5.88 Å². The predicted molar refractivity (Wildman–Crippen MR) is 63.6 cm³/mol. The maximum absolute atomic E-state index is 10.3. The molecular formula is C12H7ClN2O2. The molecule has 0 atom stereocenters. The van der Waals surface area contributed by atoms with Gasteiger partial charge in [0.1, 0.15) is 17.9 Å². The standard InChI is InChI=1S/C12H7ClN2O2/c13-9-3-1-8(2-4-9)11-6-17-12(15-7-16)10(11)5-14/h1-4,6-7H,(H,15,16). The van der Waals surface area contributed by atoms with Crippen LogP contribution in [0.5, 0.6) is 0 Å². The van der Waals surface area contributed by atoms with E-state index in [1.807, 2.05) is 6.07 Å². The van der Waals surface area contributed by atoms with E-state index < -0.39 is 0 Å². The lowest BCUT2D eigenvalue weighted by Crippen LogP contribution is -1.94. The van der Waals surface area contributed by atoms with Crippen LogP contribution in [0.3, 0.4) is 0 Å². The number of carbonyl (C=O) groups excluding carboxylic acids is 1. The molecule has 17 heavy (non-hydrogen) atoms. The summed E-state index contributed by atoms with van der Waals surface area (Å²) in [7, 11) is 0. The second kappa shape index (κ2) is 4.73. The third-order valence-corrected chi connectivity index (χ3v) is 2.50. The van der Waals surface area contributed by atoms with E-state index in [0.29, 0.717) is 22.6 Å². The molecule has 0 aliphatic carbocycles. The zero-order chi connectivity index (χ0) is 12.3. The molecule has 4 nitrogen and oxygen atoms in total. The lowest BCUT2D eigenvalue weighted by molar-refractivity contribution is -0.105. The number of rotatable bonds is 3. The molecule has 1 aromatic heterocycles. The first-order valence-electron chi connectivity index (χ1n) is 4.74. The fraction of sp³-hybridized carbons (Fsp3) is 0. The molecule has 0 spiro atoms. The van der Waals surface area contributed by atoms with Crippen molar-refractivity contribution >= 4 is 23.9 Å². The predicted octanol–water partition coefficient (Wildman–Crippen LogP) is 3.04. The van der Waals surface area contributed by atoms with Crippen molar-refractivity contribution in [3.05, 3.63) is 41.1 Å². The molecule has 5 heteroatoms. The molecule has 84 valence electrons. The summed E-state index contributed by atoms with van der Waals surface area (Å²) in [5.74, 6) is 0.146. The van der Waals surface area contributed by atoms with Crippen LogP contribution in [0.2, 0.25) is 5.02 Å². The maximum Gasteiger partial charge on any atom is 0.217 e. The van der Waals surface area contributed by atoms with E-state index in [1.54, 1.807) is 24.3 Å². The Morgan fingerprint density at radius 1 is 1.35 bits per heavy atom. The van der Waals surface area contributed by atoms with Crippen molar-refractivity contribution in [3.63, 3.8) is 0 Å². The minimum Gasteiger partial charge on any atom is -0.446 e. The molecular weight excluding hydrogens is 240 g/mol. The van der Waals surface area contributed by atoms with Crippen LogP contribution in [-0.2, 0) is 4.79 Å². The minimum absolute atomic E-state index is 0.146. The molecule has 0 saturated carbocycles. The van der Waals surface area contributed by atoms with Gasteiger partial charge in [-0.1, -0.05) is 23.7 Å². The molecule has 0 saturated heterocycles. The molecule has 1 aromatic carbocycles. The molecule has 2 rings (SSSR count). The van der Waals surface area contributed by atoms with Gasteiger partial charge in [0.25, 0.3) is 0 Å². The van der Waals surface area contributed by atoms with Crippen molar-refractivity contribution in [1.29, 1.82) is 5.26 Å². The molecule has 1 N–H and O–H groups in total. The van der Waals surface area contributed by atoms with E-state index in [-0.39, 0.29) is 5.88 Å². The van der Waals surface area contributed by atoms with Crippen molar-refractivity contribution in [2.24, 2.45) is 0 Å². The second-order valence-corrected chi connectivity index (χ2v) is 3.67. The minimum atomic E-state index is 0.146. The van der Waals surface area contributed by atoms with Crippen LogP contribution in [0.25, 0.3) is 11.1 Å². The van der Waals surface area contributed by atoms with E-state index in [0.717, 1.165) is 5.56 Å². The van der Waals surface area contributed by atoms with Crippen LogP contribution >= 0.6 is 11.6 Å². The number of carbonyl (C=O) groups is 1. The summed E-state index contributed by atoms with van der Waals surface area (Å²) in [5, 5.41) is 12.0. The molecule has 0 bridgehead atoms. The lowest BCUT2D eigenvalue weighted by Gasteiger charge is -1.98. The number of anilines is 1. The van der Waals surface area contributed by atoms with E-state index >= 15 is 0 Å². The van der Waals surface area contributed by atoms with Gasteiger partial charge in [-0.15, -0.1) is 0 Å². The summed E-state index contributed by atoms with van der Waals surface area (Å²) in [6, 6.07) is 8.99. The van der Waals surface area contributed by atoms with Crippen LogP contribution < -0.4 is 5.32 Å². The topological polar surface area (TPSA) is 66.0 Å². The summed E-state index contributed by atoms with van der Waals surface area (Å²) < 4.78 is 5.11. The Hall–Kier alpha value is -2.25. The quantitative estimate of drug-likeness (QED) is 0.847. The molecule has 0 unspecified atom stereocenters. The highest BCUT2D eigenvalue weighted by atomic mass is 35.5. The zero-order valence-corrected chi connectivity index (χ0v) is 9.36. The number of furan rings is 1. The first kappa shape index (κ1) is 11.2. The third kappa shape index (κ3) is 2.14. The number of halogens is 1. The number of benzene rings is 1. The van der Waals surface area contributed by atoms with Crippen LogP contribution in [0, 0.1) is 11.3 Å². The van der Waals surface area contributed by atoms with Gasteiger partial charge in [0, 0.05) is 10.6 Å². The van der Waals surface area contributed by atoms with E-state index in [9.17, 15) is 4.79 Å². The van der Waals surface area contributed by atoms with Crippen molar-refractivity contribution in [2.75, 3.05) is 5.32 Å². The Kier molecular flexibility index (Phi) is 3.12. The number of hydrogen-bond donors (Lipinski definition) is 1. The van der Waals surface area contributed by atoms with Crippen molar-refractivity contribution < 1.29 is 9.21 Å². The molecule has 0 radical (unpaired) electrons. The third-order valence-electron chi connectivity index (χ3n) is 2.25. The number of hydrogen-bond acceptors (Lipinski definition) is 3. The van der Waals surface area contributed by atoms with Crippen molar-refractivity contribution in [2.45, 2.75) is 0 Å². The van der Waals surface area contributed by atoms with E-state index in [1.165, 1.54) is 6.26 Å². The average Bonchev–Trinajstić information content (AvgIpc) is 2.73. The smallest absolute Gasteiger partial charge is 0.217 e.